The zero-order valence-corrected chi connectivity index (χ0v) is 11.3. The van der Waals surface area contributed by atoms with Crippen molar-refractivity contribution in [3.8, 4) is 0 Å². The molecule has 0 bridgehead atoms. The summed E-state index contributed by atoms with van der Waals surface area (Å²) in [5.74, 6) is 0. The second-order valence-corrected chi connectivity index (χ2v) is 4.15. The highest BCUT2D eigenvalue weighted by Crippen LogP contribution is 2.11. The molecule has 0 aromatic heterocycles. The number of hydrogen-bond donors (Lipinski definition) is 0. The lowest BCUT2D eigenvalue weighted by atomic mass is 10.0. The van der Waals surface area contributed by atoms with E-state index >= 15 is 0 Å². The maximum absolute atomic E-state index is 2.20. The van der Waals surface area contributed by atoms with Gasteiger partial charge < -0.3 is 0 Å². The van der Waals surface area contributed by atoms with E-state index in [0.717, 1.165) is 6.42 Å². The largest absolute Gasteiger partial charge is 0.0683 e. The van der Waals surface area contributed by atoms with Gasteiger partial charge in [-0.15, -0.1) is 0 Å². The van der Waals surface area contributed by atoms with Crippen LogP contribution < -0.4 is 0 Å². The van der Waals surface area contributed by atoms with Crippen molar-refractivity contribution in [1.29, 1.82) is 0 Å². The molecule has 2 rings (SSSR count). The third-order valence-electron chi connectivity index (χ3n) is 2.65. The first-order valence-corrected chi connectivity index (χ1v) is 6.35. The Hall–Kier alpha value is -1.56. The van der Waals surface area contributed by atoms with E-state index in [-0.39, 0.29) is 0 Å². The van der Waals surface area contributed by atoms with E-state index in [1.54, 1.807) is 0 Å². The molecule has 0 heterocycles. The summed E-state index contributed by atoms with van der Waals surface area (Å²) in [5.41, 5.74) is 5.40. The van der Waals surface area contributed by atoms with E-state index < -0.39 is 0 Å². The Labute approximate surface area is 105 Å². The van der Waals surface area contributed by atoms with Crippen molar-refractivity contribution in [2.75, 3.05) is 0 Å². The highest BCUT2D eigenvalue weighted by Gasteiger charge is 1.95. The van der Waals surface area contributed by atoms with Gasteiger partial charge in [0.25, 0.3) is 0 Å². The molecular formula is C17H22. The lowest BCUT2D eigenvalue weighted by molar-refractivity contribution is 1.18. The molecule has 0 saturated heterocycles. The van der Waals surface area contributed by atoms with Crippen molar-refractivity contribution >= 4 is 0 Å². The van der Waals surface area contributed by atoms with E-state index in [9.17, 15) is 0 Å². The van der Waals surface area contributed by atoms with Gasteiger partial charge in [-0.1, -0.05) is 73.5 Å². The van der Waals surface area contributed by atoms with Gasteiger partial charge in [0.2, 0.25) is 0 Å². The highest BCUT2D eigenvalue weighted by molar-refractivity contribution is 5.29. The Morgan fingerprint density at radius 1 is 0.588 bits per heavy atom. The van der Waals surface area contributed by atoms with Gasteiger partial charge >= 0.3 is 0 Å². The van der Waals surface area contributed by atoms with Crippen molar-refractivity contribution in [1.82, 2.24) is 0 Å². The second-order valence-electron chi connectivity index (χ2n) is 4.15. The predicted octanol–water partition coefficient (Wildman–Crippen LogP) is 4.92. The predicted molar refractivity (Wildman–Crippen MR) is 76.5 cm³/mol. The monoisotopic (exact) mass is 226 g/mol. The van der Waals surface area contributed by atoms with Crippen LogP contribution in [0.25, 0.3) is 0 Å². The van der Waals surface area contributed by atoms with Crippen molar-refractivity contribution in [2.24, 2.45) is 0 Å². The Bertz CT molecular complexity index is 377. The van der Waals surface area contributed by atoms with Crippen molar-refractivity contribution in [3.05, 3.63) is 70.8 Å². The third kappa shape index (κ3) is 4.44. The average molecular weight is 226 g/mol. The van der Waals surface area contributed by atoms with E-state index in [4.69, 9.17) is 0 Å². The minimum Gasteiger partial charge on any atom is -0.0683 e. The van der Waals surface area contributed by atoms with Gasteiger partial charge in [0.15, 0.2) is 0 Å². The Kier molecular flexibility index (Phi) is 5.48. The molecule has 0 saturated carbocycles. The normalized spacial score (nSPS) is 9.41. The van der Waals surface area contributed by atoms with Crippen LogP contribution in [0.3, 0.4) is 0 Å². The van der Waals surface area contributed by atoms with Crippen LogP contribution in [-0.4, -0.2) is 0 Å². The quantitative estimate of drug-likeness (QED) is 0.681. The molecule has 90 valence electrons. The Morgan fingerprint density at radius 3 is 1.18 bits per heavy atom. The van der Waals surface area contributed by atoms with Crippen LogP contribution in [0, 0.1) is 13.8 Å². The highest BCUT2D eigenvalue weighted by atomic mass is 14.0. The molecule has 0 spiro atoms. The molecule has 0 heteroatoms. The molecule has 0 N–H and O–H groups in total. The van der Waals surface area contributed by atoms with Crippen LogP contribution in [-0.2, 0) is 6.42 Å². The molecule has 0 radical (unpaired) electrons. The fraction of sp³-hybridized carbons (Fsp3) is 0.294. The maximum Gasteiger partial charge on any atom is -0.00258 e. The standard InChI is InChI=1S/C15H16.C2H6/c1-12-3-7-14(8-4-12)11-15-9-5-13(2)6-10-15;1-2/h3-10H,11H2,1-2H3;1-2H3. The number of hydrogen-bond acceptors (Lipinski definition) is 0. The molecule has 0 nitrogen and oxygen atoms in total. The molecule has 0 aliphatic carbocycles. The van der Waals surface area contributed by atoms with Crippen LogP contribution in [0.1, 0.15) is 36.1 Å². The first-order chi connectivity index (χ1) is 8.24. The minimum absolute atomic E-state index is 1.03. The zero-order chi connectivity index (χ0) is 12.7. The topological polar surface area (TPSA) is 0 Å². The van der Waals surface area contributed by atoms with Crippen LogP contribution >= 0.6 is 0 Å². The van der Waals surface area contributed by atoms with Crippen LogP contribution in [0.5, 0.6) is 0 Å². The van der Waals surface area contributed by atoms with Crippen molar-refractivity contribution in [3.63, 3.8) is 0 Å². The molecule has 0 atom stereocenters. The molecule has 0 amide bonds. The fourth-order valence-corrected chi connectivity index (χ4v) is 1.65. The maximum atomic E-state index is 2.20. The summed E-state index contributed by atoms with van der Waals surface area (Å²) in [7, 11) is 0. The van der Waals surface area contributed by atoms with Gasteiger partial charge in [-0.25, -0.2) is 0 Å². The third-order valence-corrected chi connectivity index (χ3v) is 2.65. The molecule has 0 unspecified atom stereocenters. The van der Waals surface area contributed by atoms with Gasteiger partial charge in [0, 0.05) is 0 Å². The summed E-state index contributed by atoms with van der Waals surface area (Å²) in [4.78, 5) is 0. The van der Waals surface area contributed by atoms with Crippen LogP contribution in [0.2, 0.25) is 0 Å². The molecule has 0 aliphatic heterocycles. The Balaban J connectivity index is 0.000000686. The first-order valence-electron chi connectivity index (χ1n) is 6.35. The van der Waals surface area contributed by atoms with E-state index in [1.807, 2.05) is 13.8 Å². The molecule has 2 aromatic rings. The Morgan fingerprint density at radius 2 is 0.882 bits per heavy atom. The smallest absolute Gasteiger partial charge is 0.00258 e. The van der Waals surface area contributed by atoms with E-state index in [2.05, 4.69) is 62.4 Å². The van der Waals surface area contributed by atoms with E-state index in [1.165, 1.54) is 22.3 Å². The van der Waals surface area contributed by atoms with Crippen molar-refractivity contribution in [2.45, 2.75) is 34.1 Å². The summed E-state index contributed by atoms with van der Waals surface area (Å²) < 4.78 is 0. The first kappa shape index (κ1) is 13.5. The summed E-state index contributed by atoms with van der Waals surface area (Å²) in [6.07, 6.45) is 1.03. The van der Waals surface area contributed by atoms with Crippen LogP contribution in [0.4, 0.5) is 0 Å². The van der Waals surface area contributed by atoms with Gasteiger partial charge in [-0.2, -0.15) is 0 Å². The molecule has 17 heavy (non-hydrogen) atoms. The van der Waals surface area contributed by atoms with Gasteiger partial charge in [-0.05, 0) is 31.4 Å². The lowest BCUT2D eigenvalue weighted by Gasteiger charge is -2.03. The summed E-state index contributed by atoms with van der Waals surface area (Å²) >= 11 is 0. The second kappa shape index (κ2) is 6.90. The number of rotatable bonds is 2. The summed E-state index contributed by atoms with van der Waals surface area (Å²) in [6.45, 7) is 8.24. The lowest BCUT2D eigenvalue weighted by Crippen LogP contribution is -1.88. The van der Waals surface area contributed by atoms with Crippen LogP contribution in [0.15, 0.2) is 48.5 Å². The summed E-state index contributed by atoms with van der Waals surface area (Å²) in [5, 5.41) is 0. The SMILES string of the molecule is CC.Cc1ccc(Cc2ccc(C)cc2)cc1. The van der Waals surface area contributed by atoms with Gasteiger partial charge in [-0.3, -0.25) is 0 Å². The molecule has 0 fully saturated rings. The molecule has 0 aliphatic rings. The van der Waals surface area contributed by atoms with Crippen molar-refractivity contribution < 1.29 is 0 Å². The zero-order valence-electron chi connectivity index (χ0n) is 11.3. The van der Waals surface area contributed by atoms with Gasteiger partial charge in [0.1, 0.15) is 0 Å². The number of aryl methyl sites for hydroxylation is 2. The molecular weight excluding hydrogens is 204 g/mol. The molecule has 2 aromatic carbocycles. The summed E-state index contributed by atoms with van der Waals surface area (Å²) in [6, 6.07) is 17.5. The van der Waals surface area contributed by atoms with Gasteiger partial charge in [0.05, 0.1) is 0 Å². The van der Waals surface area contributed by atoms with E-state index in [0.29, 0.717) is 0 Å². The average Bonchev–Trinajstić information content (AvgIpc) is 2.37. The minimum atomic E-state index is 1.03. The fourth-order valence-electron chi connectivity index (χ4n) is 1.65. The number of benzene rings is 2.